The Balaban J connectivity index is 1.20. The molecule has 0 saturated carbocycles. The molecule has 0 aliphatic carbocycles. The third-order valence-corrected chi connectivity index (χ3v) is 6.87. The molecule has 11 heteroatoms. The summed E-state index contributed by atoms with van der Waals surface area (Å²) < 4.78 is 25.5. The van der Waals surface area contributed by atoms with Crippen LogP contribution < -0.4 is 20.7 Å². The topological polar surface area (TPSA) is 138 Å². The van der Waals surface area contributed by atoms with E-state index < -0.39 is 11.8 Å². The monoisotopic (exact) mass is 617 g/mol. The highest BCUT2D eigenvalue weighted by Gasteiger charge is 2.12. The van der Waals surface area contributed by atoms with Crippen molar-refractivity contribution in [3.05, 3.63) is 90.0 Å². The number of urea groups is 1. The van der Waals surface area contributed by atoms with Gasteiger partial charge in [0.25, 0.3) is 5.91 Å². The average Bonchev–Trinajstić information content (AvgIpc) is 3.53. The number of aliphatic hydroxyl groups is 1. The number of benzene rings is 2. The normalized spacial score (nSPS) is 10.8. The number of H-pyrrole nitrogens is 1. The van der Waals surface area contributed by atoms with Crippen LogP contribution in [0.1, 0.15) is 54.4 Å². The van der Waals surface area contributed by atoms with Crippen molar-refractivity contribution in [2.45, 2.75) is 45.4 Å². The number of aliphatic hydroxyl groups excluding tert-OH is 1. The van der Waals surface area contributed by atoms with Crippen LogP contribution in [-0.2, 0) is 4.74 Å². The van der Waals surface area contributed by atoms with Gasteiger partial charge in [0.15, 0.2) is 0 Å². The van der Waals surface area contributed by atoms with Crippen molar-refractivity contribution < 1.29 is 28.6 Å². The minimum Gasteiger partial charge on any atom is -0.457 e. The highest BCUT2D eigenvalue weighted by Crippen LogP contribution is 2.27. The summed E-state index contributed by atoms with van der Waals surface area (Å²) in [5.74, 6) is 0.416. The Hall–Kier alpha value is -4.74. The van der Waals surface area contributed by atoms with Gasteiger partial charge < -0.3 is 35.5 Å². The zero-order chi connectivity index (χ0) is 31.9. The van der Waals surface area contributed by atoms with Crippen LogP contribution in [0.25, 0.3) is 11.4 Å². The number of nitrogens with one attached hydrogen (secondary N) is 4. The van der Waals surface area contributed by atoms with E-state index >= 15 is 0 Å². The summed E-state index contributed by atoms with van der Waals surface area (Å²) in [5, 5.41) is 16.9. The molecule has 0 unspecified atom stereocenters. The number of aromatic nitrogens is 2. The number of aromatic amines is 1. The Bertz CT molecular complexity index is 1530. The van der Waals surface area contributed by atoms with Crippen molar-refractivity contribution in [2.24, 2.45) is 0 Å². The highest BCUT2D eigenvalue weighted by atomic mass is 19.1. The van der Waals surface area contributed by atoms with Crippen LogP contribution in [0, 0.1) is 12.7 Å². The van der Waals surface area contributed by atoms with Gasteiger partial charge in [-0.05, 0) is 99.5 Å². The van der Waals surface area contributed by atoms with Crippen LogP contribution in [-0.4, -0.2) is 53.4 Å². The summed E-state index contributed by atoms with van der Waals surface area (Å²) in [7, 11) is 0. The molecule has 4 rings (SSSR count). The second-order valence-electron chi connectivity index (χ2n) is 10.6. The van der Waals surface area contributed by atoms with Crippen LogP contribution in [0.2, 0.25) is 0 Å². The predicted octanol–water partition coefficient (Wildman–Crippen LogP) is 7.04. The Morgan fingerprint density at radius 3 is 2.44 bits per heavy atom. The maximum Gasteiger partial charge on any atom is 0.323 e. The number of anilines is 2. The van der Waals surface area contributed by atoms with E-state index in [-0.39, 0.29) is 18.2 Å². The number of pyridine rings is 1. The van der Waals surface area contributed by atoms with Crippen molar-refractivity contribution in [1.82, 2.24) is 15.3 Å². The fraction of sp³-hybridized carbons (Fsp3) is 0.324. The first-order valence-electron chi connectivity index (χ1n) is 15.1. The number of nitrogens with zero attached hydrogens (tertiary/aromatic N) is 1. The zero-order valence-electron chi connectivity index (χ0n) is 25.4. The molecule has 45 heavy (non-hydrogen) atoms. The molecule has 0 aliphatic heterocycles. The molecular weight excluding hydrogens is 577 g/mol. The number of rotatable bonds is 17. The molecule has 4 aromatic rings. The first-order valence-corrected chi connectivity index (χ1v) is 15.1. The lowest BCUT2D eigenvalue weighted by atomic mass is 10.2. The second kappa shape index (κ2) is 17.5. The van der Waals surface area contributed by atoms with E-state index in [1.165, 1.54) is 6.07 Å². The summed E-state index contributed by atoms with van der Waals surface area (Å²) in [6.07, 6.45) is 8.83. The van der Waals surface area contributed by atoms with Crippen LogP contribution in [0.5, 0.6) is 11.5 Å². The summed E-state index contributed by atoms with van der Waals surface area (Å²) in [4.78, 5) is 32.4. The number of aryl methyl sites for hydroxylation is 1. The molecule has 0 aliphatic rings. The van der Waals surface area contributed by atoms with Crippen molar-refractivity contribution in [3.63, 3.8) is 0 Å². The van der Waals surface area contributed by atoms with Gasteiger partial charge in [-0.15, -0.1) is 0 Å². The van der Waals surface area contributed by atoms with Crippen molar-refractivity contribution in [1.29, 1.82) is 0 Å². The van der Waals surface area contributed by atoms with E-state index in [9.17, 15) is 14.0 Å². The fourth-order valence-electron chi connectivity index (χ4n) is 4.46. The third kappa shape index (κ3) is 11.0. The molecular formula is C34H40FN5O5. The molecule has 5 N–H and O–H groups in total. The summed E-state index contributed by atoms with van der Waals surface area (Å²) in [6, 6.07) is 15.9. The number of carbonyl (C=O) groups excluding carboxylic acids is 2. The number of hydrogen-bond acceptors (Lipinski definition) is 6. The van der Waals surface area contributed by atoms with Crippen LogP contribution in [0.3, 0.4) is 0 Å². The van der Waals surface area contributed by atoms with Crippen molar-refractivity contribution in [2.75, 3.05) is 37.0 Å². The van der Waals surface area contributed by atoms with Gasteiger partial charge in [0, 0.05) is 50.5 Å². The SMILES string of the molecule is Cc1ccc(F)c(NC(=O)Nc2ccc(Oc3ccnc(-c4cc(C(=O)NCCCCCOCCCCCO)c[nH]4)c3)cc2)c1. The lowest BCUT2D eigenvalue weighted by Gasteiger charge is -2.10. The number of halogens is 1. The van der Waals surface area contributed by atoms with E-state index in [2.05, 4.69) is 25.9 Å². The van der Waals surface area contributed by atoms with Crippen molar-refractivity contribution >= 4 is 23.3 Å². The predicted molar refractivity (Wildman–Crippen MR) is 172 cm³/mol. The molecule has 0 fully saturated rings. The first-order chi connectivity index (χ1) is 21.9. The van der Waals surface area contributed by atoms with Gasteiger partial charge in [0.2, 0.25) is 0 Å². The molecule has 238 valence electrons. The minimum absolute atomic E-state index is 0.103. The van der Waals surface area contributed by atoms with Gasteiger partial charge in [0.1, 0.15) is 17.3 Å². The quantitative estimate of drug-likeness (QED) is 0.0806. The lowest BCUT2D eigenvalue weighted by molar-refractivity contribution is 0.0952. The highest BCUT2D eigenvalue weighted by molar-refractivity contribution is 6.00. The third-order valence-electron chi connectivity index (χ3n) is 6.87. The number of ether oxygens (including phenoxy) is 2. The van der Waals surface area contributed by atoms with E-state index in [0.717, 1.165) is 50.7 Å². The molecule has 10 nitrogen and oxygen atoms in total. The summed E-state index contributed by atoms with van der Waals surface area (Å²) in [5.41, 5.74) is 3.25. The van der Waals surface area contributed by atoms with Gasteiger partial charge in [-0.2, -0.15) is 0 Å². The van der Waals surface area contributed by atoms with Gasteiger partial charge in [0.05, 0.1) is 22.6 Å². The van der Waals surface area contributed by atoms with Gasteiger partial charge >= 0.3 is 6.03 Å². The largest absolute Gasteiger partial charge is 0.457 e. The Kier molecular flexibility index (Phi) is 12.9. The number of carbonyl (C=O) groups is 2. The number of hydrogen-bond donors (Lipinski definition) is 5. The molecule has 2 aromatic carbocycles. The van der Waals surface area contributed by atoms with Crippen LogP contribution in [0.15, 0.2) is 73.1 Å². The van der Waals surface area contributed by atoms with E-state index in [1.807, 2.05) is 6.92 Å². The van der Waals surface area contributed by atoms with E-state index in [1.54, 1.807) is 67.0 Å². The minimum atomic E-state index is -0.561. The van der Waals surface area contributed by atoms with E-state index in [0.29, 0.717) is 47.3 Å². The average molecular weight is 618 g/mol. The first kappa shape index (κ1) is 33.2. The molecule has 0 saturated heterocycles. The van der Waals surface area contributed by atoms with Gasteiger partial charge in [-0.25, -0.2) is 9.18 Å². The van der Waals surface area contributed by atoms with Crippen LogP contribution >= 0.6 is 0 Å². The molecule has 0 atom stereocenters. The van der Waals surface area contributed by atoms with Gasteiger partial charge in [-0.3, -0.25) is 9.78 Å². The molecule has 0 bridgehead atoms. The number of amides is 3. The molecule has 0 radical (unpaired) electrons. The molecule has 2 heterocycles. The van der Waals surface area contributed by atoms with Gasteiger partial charge in [-0.1, -0.05) is 6.07 Å². The second-order valence-corrected chi connectivity index (χ2v) is 10.6. The molecule has 0 spiro atoms. The molecule has 3 amide bonds. The standard InChI is InChI=1S/C34H40FN5O5/c1-24-8-13-29(35)30(20-24)40-34(43)39-26-9-11-27(12-10-26)45-28-14-16-36-32(22-28)31-21-25(23-38-31)33(42)37-15-4-2-6-18-44-19-7-3-5-17-41/h8-14,16,20-23,38,41H,2-7,15,17-19H2,1H3,(H,37,42)(H2,39,40,43). The zero-order valence-corrected chi connectivity index (χ0v) is 25.4. The molecule has 2 aromatic heterocycles. The maximum absolute atomic E-state index is 13.9. The van der Waals surface area contributed by atoms with E-state index in [4.69, 9.17) is 14.6 Å². The fourth-order valence-corrected chi connectivity index (χ4v) is 4.46. The Labute approximate surface area is 262 Å². The summed E-state index contributed by atoms with van der Waals surface area (Å²) in [6.45, 7) is 4.07. The lowest BCUT2D eigenvalue weighted by Crippen LogP contribution is -2.24. The Morgan fingerprint density at radius 2 is 1.67 bits per heavy atom. The van der Waals surface area contributed by atoms with Crippen molar-refractivity contribution in [3.8, 4) is 22.9 Å². The summed E-state index contributed by atoms with van der Waals surface area (Å²) >= 11 is 0. The van der Waals surface area contributed by atoms with Crippen LogP contribution in [0.4, 0.5) is 20.6 Å². The Morgan fingerprint density at radius 1 is 0.889 bits per heavy atom. The maximum atomic E-state index is 13.9. The smallest absolute Gasteiger partial charge is 0.323 e. The number of unbranched alkanes of at least 4 members (excludes halogenated alkanes) is 4.